The number of nitrogens with two attached hydrogens (primary N) is 1. The van der Waals surface area contributed by atoms with Gasteiger partial charge < -0.3 is 18.1 Å². The molecule has 1 unspecified atom stereocenters. The summed E-state index contributed by atoms with van der Waals surface area (Å²) in [7, 11) is 3.87. The number of unbranched alkanes of at least 4 members (excludes halogenated alkanes) is 3. The van der Waals surface area contributed by atoms with E-state index in [-0.39, 0.29) is 18.6 Å². The van der Waals surface area contributed by atoms with Crippen molar-refractivity contribution in [2.24, 2.45) is 10.7 Å². The smallest absolute Gasteiger partial charge is 0.251 e. The summed E-state index contributed by atoms with van der Waals surface area (Å²) in [5, 5.41) is 8.74. The van der Waals surface area contributed by atoms with Crippen LogP contribution in [-0.2, 0) is 0 Å². The molecule has 1 heterocycles. The first-order valence-corrected chi connectivity index (χ1v) is 17.2. The summed E-state index contributed by atoms with van der Waals surface area (Å²) < 4.78 is 26.5. The van der Waals surface area contributed by atoms with Gasteiger partial charge in [0.15, 0.2) is 0 Å². The monoisotopic (exact) mass is 633 g/mol. The fraction of sp³-hybridized carbons (Fsp3) is 0.257. The molecule has 4 aromatic carbocycles. The van der Waals surface area contributed by atoms with Crippen molar-refractivity contribution in [2.45, 2.75) is 31.8 Å². The molecule has 0 fully saturated rings. The van der Waals surface area contributed by atoms with Crippen LogP contribution in [0.1, 0.15) is 37.4 Å². The van der Waals surface area contributed by atoms with Crippen LogP contribution >= 0.6 is 6.91 Å². The first kappa shape index (κ1) is 33.0. The molecule has 9 heteroatoms. The van der Waals surface area contributed by atoms with Crippen molar-refractivity contribution in [2.75, 3.05) is 26.9 Å². The fourth-order valence-electron chi connectivity index (χ4n) is 5.74. The molecule has 0 bridgehead atoms. The Balaban J connectivity index is 0.00000442. The Labute approximate surface area is 266 Å². The van der Waals surface area contributed by atoms with Crippen LogP contribution in [-0.4, -0.2) is 43.4 Å². The average Bonchev–Trinajstić information content (AvgIpc) is 3.05. The van der Waals surface area contributed by atoms with Crippen molar-refractivity contribution in [3.63, 3.8) is 0 Å². The molecule has 1 aliphatic rings. The Hall–Kier alpha value is -3.93. The van der Waals surface area contributed by atoms with E-state index in [4.69, 9.17) is 10.5 Å². The Morgan fingerprint density at radius 3 is 1.75 bits per heavy atom. The van der Waals surface area contributed by atoms with Crippen LogP contribution in [0.15, 0.2) is 120 Å². The van der Waals surface area contributed by atoms with E-state index in [1.54, 1.807) is 0 Å². The molecule has 0 aliphatic carbocycles. The summed E-state index contributed by atoms with van der Waals surface area (Å²) in [5.74, 6) is 1.99. The minimum Gasteiger partial charge on any atom is -1.00 e. The van der Waals surface area contributed by atoms with Gasteiger partial charge in [-0.15, -0.1) is 0 Å². The maximum atomic E-state index is 18.5. The fourth-order valence-corrected chi connectivity index (χ4v) is 10.6. The van der Waals surface area contributed by atoms with Crippen molar-refractivity contribution in [3.8, 4) is 5.75 Å². The molecule has 1 atom stereocenters. The van der Waals surface area contributed by atoms with Crippen LogP contribution in [0.2, 0.25) is 0 Å². The second kappa shape index (κ2) is 14.7. The molecule has 5 rings (SSSR count). The van der Waals surface area contributed by atoms with Crippen LogP contribution in [0.3, 0.4) is 0 Å². The van der Waals surface area contributed by atoms with Crippen molar-refractivity contribution >= 4 is 34.7 Å². The van der Waals surface area contributed by atoms with E-state index in [0.717, 1.165) is 58.9 Å². The number of nitrogens with zero attached hydrogens (tertiary/aromatic N) is 2. The van der Waals surface area contributed by atoms with E-state index in [0.29, 0.717) is 18.7 Å². The number of benzene rings is 4. The van der Waals surface area contributed by atoms with Crippen LogP contribution in [0.25, 0.3) is 0 Å². The molecule has 44 heavy (non-hydrogen) atoms. The van der Waals surface area contributed by atoms with Crippen LogP contribution in [0.4, 0.5) is 4.20 Å². The number of nitrogens with one attached hydrogen (secondary N) is 2. The molecular weight excluding hydrogens is 592 g/mol. The van der Waals surface area contributed by atoms with Crippen molar-refractivity contribution < 1.29 is 25.9 Å². The Morgan fingerprint density at radius 2 is 1.25 bits per heavy atom. The van der Waals surface area contributed by atoms with Gasteiger partial charge in [0.1, 0.15) is 0 Å². The maximum Gasteiger partial charge on any atom is -0.251 e. The first-order valence-electron chi connectivity index (χ1n) is 14.9. The van der Waals surface area contributed by atoms with E-state index >= 15 is 4.20 Å². The molecule has 0 saturated heterocycles. The molecule has 0 amide bonds. The van der Waals surface area contributed by atoms with Gasteiger partial charge >= 0.3 is 209 Å². The second-order valence-corrected chi connectivity index (χ2v) is 15.5. The summed E-state index contributed by atoms with van der Waals surface area (Å²) in [6.45, 7) is -3.54. The summed E-state index contributed by atoms with van der Waals surface area (Å²) in [6.07, 6.45) is 3.83. The molecule has 0 aromatic heterocycles. The standard InChI is InChI=1S/C35H41FN5OP.ClH/c1-41(2)35-39-33(38-34(37)40-35)28-22-24-29(25-23-28)42-26-14-3-4-15-27-43(36,30-16-8-5-9-17-30,31-18-10-6-11-19-31)32-20-12-7-13-21-32;/h5-13,16-25,33H,3-4,14-15,26-27H2,1-2H3,(H3,37,38,39,40);1H. The van der Waals surface area contributed by atoms with E-state index in [1.807, 2.05) is 134 Å². The number of ether oxygens (including phenoxy) is 1. The number of guanidine groups is 2. The quantitative estimate of drug-likeness (QED) is 0.127. The Kier molecular flexibility index (Phi) is 11.0. The number of hydrogen-bond donors (Lipinski definition) is 3. The number of halogens is 2. The van der Waals surface area contributed by atoms with Gasteiger partial charge in [-0.2, -0.15) is 4.99 Å². The van der Waals surface area contributed by atoms with Crippen LogP contribution < -0.4 is 49.4 Å². The normalized spacial score (nSPS) is 15.4. The van der Waals surface area contributed by atoms with Gasteiger partial charge in [0.25, 0.3) is 5.96 Å². The molecule has 6 nitrogen and oxygen atoms in total. The van der Waals surface area contributed by atoms with Crippen LogP contribution in [0.5, 0.6) is 5.75 Å². The zero-order valence-electron chi connectivity index (χ0n) is 25.4. The van der Waals surface area contributed by atoms with Gasteiger partial charge in [0.2, 0.25) is 0 Å². The zero-order valence-corrected chi connectivity index (χ0v) is 27.0. The predicted molar refractivity (Wildman–Crippen MR) is 179 cm³/mol. The van der Waals surface area contributed by atoms with Gasteiger partial charge in [-0.25, -0.2) is 5.32 Å². The molecule has 0 saturated carbocycles. The van der Waals surface area contributed by atoms with Crippen molar-refractivity contribution in [1.82, 2.24) is 10.6 Å². The van der Waals surface area contributed by atoms with E-state index in [9.17, 15) is 0 Å². The van der Waals surface area contributed by atoms with Gasteiger partial charge in [-0.3, -0.25) is 9.89 Å². The maximum absolute atomic E-state index is 18.5. The van der Waals surface area contributed by atoms with E-state index < -0.39 is 6.91 Å². The summed E-state index contributed by atoms with van der Waals surface area (Å²) in [4.78, 5) is 4.46. The van der Waals surface area contributed by atoms with Crippen molar-refractivity contribution in [1.29, 1.82) is 0 Å². The molecule has 1 aliphatic heterocycles. The molecule has 4 N–H and O–H groups in total. The molecular formula is C35H42ClFN5OP. The van der Waals surface area contributed by atoms with Crippen molar-refractivity contribution in [3.05, 3.63) is 121 Å². The van der Waals surface area contributed by atoms with Gasteiger partial charge in [0, 0.05) is 0 Å². The first-order chi connectivity index (χ1) is 20.9. The third kappa shape index (κ3) is 7.06. The number of rotatable bonds is 12. The van der Waals surface area contributed by atoms with E-state index in [1.165, 1.54) is 0 Å². The van der Waals surface area contributed by atoms with Crippen LogP contribution in [0, 0.1) is 0 Å². The molecule has 0 radical (unpaired) electrons. The summed E-state index contributed by atoms with van der Waals surface area (Å²) >= 11 is 0. The van der Waals surface area contributed by atoms with Gasteiger partial charge in [-0.1, -0.05) is 0 Å². The Morgan fingerprint density at radius 1 is 0.750 bits per heavy atom. The molecule has 0 spiro atoms. The Bertz CT molecular complexity index is 1450. The third-order valence-corrected chi connectivity index (χ3v) is 13.3. The van der Waals surface area contributed by atoms with E-state index in [2.05, 4.69) is 15.6 Å². The molecule has 232 valence electrons. The minimum atomic E-state index is -4.16. The predicted octanol–water partition coefficient (Wildman–Crippen LogP) is 2.18. The number of aliphatic imine (C=N–C) groups is 1. The van der Waals surface area contributed by atoms with Gasteiger partial charge in [-0.05, 0) is 0 Å². The summed E-state index contributed by atoms with van der Waals surface area (Å²) in [5.41, 5.74) is 6.96. The molecule has 4 aromatic rings. The SMILES string of the molecule is C[N+](C)=C1NC(N)=NC(c2ccc(OCCCCCCP(F)(c3ccccc3)(c3ccccc3)c3ccccc3)cc2)N1.[Cl-]. The summed E-state index contributed by atoms with van der Waals surface area (Å²) in [6, 6.07) is 37.4. The second-order valence-electron chi connectivity index (χ2n) is 11.2. The topological polar surface area (TPSA) is 74.7 Å². The average molecular weight is 634 g/mol. The largest absolute Gasteiger partial charge is 1.00 e. The number of hydrogen-bond acceptors (Lipinski definition) is 3. The zero-order chi connectivity index (χ0) is 30.1. The minimum absolute atomic E-state index is 0. The van der Waals surface area contributed by atoms with Gasteiger partial charge in [0.05, 0.1) is 14.1 Å². The third-order valence-electron chi connectivity index (χ3n) is 8.06.